The van der Waals surface area contributed by atoms with Gasteiger partial charge in [-0.1, -0.05) is 36.4 Å². The molecule has 0 saturated heterocycles. The van der Waals surface area contributed by atoms with Crippen molar-refractivity contribution in [3.63, 3.8) is 0 Å². The lowest BCUT2D eigenvalue weighted by atomic mass is 9.81. The molecule has 2 aromatic carbocycles. The fraction of sp³-hybridized carbons (Fsp3) is 0.182. The van der Waals surface area contributed by atoms with Crippen LogP contribution in [-0.4, -0.2) is 24.8 Å². The van der Waals surface area contributed by atoms with Gasteiger partial charge in [0, 0.05) is 0 Å². The van der Waals surface area contributed by atoms with Crippen LogP contribution in [-0.2, 0) is 9.53 Å². The molecule has 2 aromatic rings. The number of allylic oxidation sites excluding steroid dienone is 1. The van der Waals surface area contributed by atoms with Gasteiger partial charge in [-0.15, -0.1) is 12.6 Å². The first-order chi connectivity index (χ1) is 14.0. The number of phenolic OH excluding ortho intramolecular Hbond substituents is 1. The van der Waals surface area contributed by atoms with Crippen molar-refractivity contribution in [2.24, 2.45) is 0 Å². The van der Waals surface area contributed by atoms with Crippen molar-refractivity contribution in [3.05, 3.63) is 75.8 Å². The van der Waals surface area contributed by atoms with E-state index in [1.807, 2.05) is 30.3 Å². The van der Waals surface area contributed by atoms with E-state index in [-0.39, 0.29) is 23.5 Å². The summed E-state index contributed by atoms with van der Waals surface area (Å²) in [6.45, 7) is 1.90. The molecule has 1 unspecified atom stereocenters. The second-order valence-electron chi connectivity index (χ2n) is 6.24. The average Bonchev–Trinajstić information content (AvgIpc) is 2.73. The largest absolute Gasteiger partial charge is 0.504 e. The summed E-state index contributed by atoms with van der Waals surface area (Å²) in [5, 5.41) is 23.5. The lowest BCUT2D eigenvalue weighted by molar-refractivity contribution is -0.138. The molecule has 148 valence electrons. The van der Waals surface area contributed by atoms with Gasteiger partial charge in [-0.3, -0.25) is 0 Å². The van der Waals surface area contributed by atoms with Crippen molar-refractivity contribution in [3.8, 4) is 17.6 Å². The van der Waals surface area contributed by atoms with Crippen LogP contribution >= 0.6 is 12.6 Å². The maximum atomic E-state index is 13.0. The minimum Gasteiger partial charge on any atom is -0.504 e. The first kappa shape index (κ1) is 20.4. The zero-order valence-electron chi connectivity index (χ0n) is 16.0. The molecule has 1 aliphatic rings. The number of hydrogen-bond acceptors (Lipinski definition) is 7. The number of dihydropyridines is 1. The minimum absolute atomic E-state index is 0.0917. The molecule has 1 heterocycles. The molecule has 0 fully saturated rings. The van der Waals surface area contributed by atoms with Crippen LogP contribution in [0.15, 0.2) is 64.7 Å². The van der Waals surface area contributed by atoms with E-state index < -0.39 is 11.9 Å². The molecule has 3 rings (SSSR count). The van der Waals surface area contributed by atoms with Crippen molar-refractivity contribution in [2.75, 3.05) is 13.7 Å². The third-order valence-corrected chi connectivity index (χ3v) is 4.91. The summed E-state index contributed by atoms with van der Waals surface area (Å²) in [5.74, 6) is -1.11. The SMILES string of the molecule is CCOC(=O)C1=C(c2ccccc2)NC(S)=C(C#N)C1c1ccc(OC)c(O)c1. The van der Waals surface area contributed by atoms with Crippen LogP contribution in [0.1, 0.15) is 24.0 Å². The quantitative estimate of drug-likeness (QED) is 0.516. The standard InChI is InChI=1S/C22H20N2O4S/c1-3-28-22(26)19-18(14-9-10-17(27-2)16(25)11-14)15(12-23)21(29)24-20(19)13-7-5-4-6-8-13/h4-11,18,24-25,29H,3H2,1-2H3. The maximum absolute atomic E-state index is 13.0. The topological polar surface area (TPSA) is 91.6 Å². The first-order valence-electron chi connectivity index (χ1n) is 8.95. The third kappa shape index (κ3) is 3.93. The fourth-order valence-electron chi connectivity index (χ4n) is 3.28. The lowest BCUT2D eigenvalue weighted by Crippen LogP contribution is -2.28. The first-order valence-corrected chi connectivity index (χ1v) is 9.40. The number of nitrogens with zero attached hydrogens (tertiary/aromatic N) is 1. The second-order valence-corrected chi connectivity index (χ2v) is 6.69. The Morgan fingerprint density at radius 3 is 2.59 bits per heavy atom. The third-order valence-electron chi connectivity index (χ3n) is 4.56. The zero-order chi connectivity index (χ0) is 21.0. The summed E-state index contributed by atoms with van der Waals surface area (Å²) in [6, 6.07) is 16.2. The number of esters is 1. The van der Waals surface area contributed by atoms with E-state index in [1.165, 1.54) is 13.2 Å². The van der Waals surface area contributed by atoms with E-state index in [1.54, 1.807) is 19.1 Å². The molecule has 6 nitrogen and oxygen atoms in total. The molecule has 29 heavy (non-hydrogen) atoms. The van der Waals surface area contributed by atoms with Crippen LogP contribution in [0.2, 0.25) is 0 Å². The number of carbonyl (C=O) groups excluding carboxylic acids is 1. The highest BCUT2D eigenvalue weighted by molar-refractivity contribution is 7.84. The van der Waals surface area contributed by atoms with Gasteiger partial charge >= 0.3 is 5.97 Å². The van der Waals surface area contributed by atoms with Crippen LogP contribution in [0, 0.1) is 11.3 Å². The van der Waals surface area contributed by atoms with Gasteiger partial charge in [0.15, 0.2) is 11.5 Å². The smallest absolute Gasteiger partial charge is 0.337 e. The van der Waals surface area contributed by atoms with Gasteiger partial charge in [-0.2, -0.15) is 5.26 Å². The van der Waals surface area contributed by atoms with Crippen molar-refractivity contribution in [1.82, 2.24) is 5.32 Å². The number of benzene rings is 2. The van der Waals surface area contributed by atoms with E-state index >= 15 is 0 Å². The van der Waals surface area contributed by atoms with Crippen molar-refractivity contribution in [1.29, 1.82) is 5.26 Å². The van der Waals surface area contributed by atoms with Crippen LogP contribution in [0.25, 0.3) is 5.70 Å². The Kier molecular flexibility index (Phi) is 6.15. The number of hydrogen-bond donors (Lipinski definition) is 3. The maximum Gasteiger partial charge on any atom is 0.337 e. The van der Waals surface area contributed by atoms with E-state index in [4.69, 9.17) is 9.47 Å². The Morgan fingerprint density at radius 2 is 2.00 bits per heavy atom. The number of phenols is 1. The molecule has 0 amide bonds. The van der Waals surface area contributed by atoms with Crippen LogP contribution in [0.3, 0.4) is 0 Å². The van der Waals surface area contributed by atoms with Crippen LogP contribution < -0.4 is 10.1 Å². The van der Waals surface area contributed by atoms with Gasteiger partial charge in [0.25, 0.3) is 0 Å². The van der Waals surface area contributed by atoms with E-state index in [2.05, 4.69) is 24.0 Å². The molecule has 0 aromatic heterocycles. The normalized spacial score (nSPS) is 16.1. The number of thiol groups is 1. The number of rotatable bonds is 5. The van der Waals surface area contributed by atoms with Gasteiger partial charge in [-0.05, 0) is 30.2 Å². The van der Waals surface area contributed by atoms with E-state index in [0.29, 0.717) is 22.0 Å². The molecule has 0 bridgehead atoms. The number of nitriles is 1. The molecule has 0 aliphatic carbocycles. The Balaban J connectivity index is 2.28. The van der Waals surface area contributed by atoms with E-state index in [9.17, 15) is 15.2 Å². The Morgan fingerprint density at radius 1 is 1.28 bits per heavy atom. The summed E-state index contributed by atoms with van der Waals surface area (Å²) in [5.41, 5.74) is 2.33. The molecule has 0 spiro atoms. The van der Waals surface area contributed by atoms with Crippen molar-refractivity contribution >= 4 is 24.3 Å². The zero-order valence-corrected chi connectivity index (χ0v) is 16.9. The summed E-state index contributed by atoms with van der Waals surface area (Å²) >= 11 is 4.45. The lowest BCUT2D eigenvalue weighted by Gasteiger charge is -2.29. The molecule has 0 radical (unpaired) electrons. The van der Waals surface area contributed by atoms with Crippen LogP contribution in [0.4, 0.5) is 0 Å². The highest BCUT2D eigenvalue weighted by atomic mass is 32.1. The highest BCUT2D eigenvalue weighted by Crippen LogP contribution is 2.43. The average molecular weight is 408 g/mol. The molecule has 7 heteroatoms. The highest BCUT2D eigenvalue weighted by Gasteiger charge is 2.36. The van der Waals surface area contributed by atoms with Crippen molar-refractivity contribution in [2.45, 2.75) is 12.8 Å². The summed E-state index contributed by atoms with van der Waals surface area (Å²) < 4.78 is 10.4. The van der Waals surface area contributed by atoms with Gasteiger partial charge in [-0.25, -0.2) is 4.79 Å². The molecule has 1 aliphatic heterocycles. The van der Waals surface area contributed by atoms with Gasteiger partial charge in [0.1, 0.15) is 0 Å². The molecule has 1 atom stereocenters. The number of nitrogens with one attached hydrogen (secondary N) is 1. The molecular formula is C22H20N2O4S. The predicted octanol–water partition coefficient (Wildman–Crippen LogP) is 3.73. The van der Waals surface area contributed by atoms with Gasteiger partial charge < -0.3 is 19.9 Å². The number of aromatic hydroxyl groups is 1. The fourth-order valence-corrected chi connectivity index (χ4v) is 3.57. The van der Waals surface area contributed by atoms with Gasteiger partial charge in [0.05, 0.1) is 47.6 Å². The predicted molar refractivity (Wildman–Crippen MR) is 112 cm³/mol. The monoisotopic (exact) mass is 408 g/mol. The molecule has 0 saturated carbocycles. The summed E-state index contributed by atoms with van der Waals surface area (Å²) in [7, 11) is 1.45. The second kappa shape index (κ2) is 8.76. The van der Waals surface area contributed by atoms with Crippen LogP contribution in [0.5, 0.6) is 11.5 Å². The van der Waals surface area contributed by atoms with E-state index in [0.717, 1.165) is 5.56 Å². The molecular weight excluding hydrogens is 388 g/mol. The summed E-state index contributed by atoms with van der Waals surface area (Å²) in [6.07, 6.45) is 0. The number of carbonyl (C=O) groups is 1. The molecule has 2 N–H and O–H groups in total. The number of ether oxygens (including phenoxy) is 2. The summed E-state index contributed by atoms with van der Waals surface area (Å²) in [4.78, 5) is 13.0. The Hall–Kier alpha value is -3.37. The minimum atomic E-state index is -0.764. The van der Waals surface area contributed by atoms with Crippen molar-refractivity contribution < 1.29 is 19.4 Å². The van der Waals surface area contributed by atoms with Gasteiger partial charge in [0.2, 0.25) is 0 Å². The number of methoxy groups -OCH3 is 1. The Labute approximate surface area is 174 Å². The Bertz CT molecular complexity index is 1040.